The topological polar surface area (TPSA) is 68.8 Å². The summed E-state index contributed by atoms with van der Waals surface area (Å²) in [5, 5.41) is 5.85. The van der Waals surface area contributed by atoms with Gasteiger partial charge in [0.2, 0.25) is 0 Å². The first-order chi connectivity index (χ1) is 15.6. The van der Waals surface area contributed by atoms with Crippen LogP contribution in [0.2, 0.25) is 0 Å². The number of hydrogen-bond acceptors (Lipinski definition) is 5. The van der Waals surface area contributed by atoms with Gasteiger partial charge in [-0.25, -0.2) is 0 Å². The van der Waals surface area contributed by atoms with Gasteiger partial charge in [0.05, 0.1) is 17.9 Å². The van der Waals surface area contributed by atoms with Gasteiger partial charge in [-0.1, -0.05) is 46.3 Å². The smallest absolute Gasteiger partial charge is 0.261 e. The third kappa shape index (κ3) is 6.96. The van der Waals surface area contributed by atoms with E-state index in [9.17, 15) is 4.79 Å². The Bertz CT molecular complexity index is 1060. The predicted molar refractivity (Wildman–Crippen MR) is 133 cm³/mol. The van der Waals surface area contributed by atoms with E-state index in [1.165, 1.54) is 0 Å². The molecule has 0 unspecified atom stereocenters. The van der Waals surface area contributed by atoms with Gasteiger partial charge < -0.3 is 19.5 Å². The van der Waals surface area contributed by atoms with Crippen molar-refractivity contribution < 1.29 is 19.0 Å². The summed E-state index contributed by atoms with van der Waals surface area (Å²) in [5.41, 5.74) is 1.02. The SMILES string of the molecule is CCOc1ccc(Br)cc1C(=O)NC(=S)Nc1ccccc1OCCOc1ccccc1. The van der Waals surface area contributed by atoms with E-state index < -0.39 is 0 Å². The number of thiocarbonyl (C=S) groups is 1. The van der Waals surface area contributed by atoms with Crippen LogP contribution in [0, 0.1) is 0 Å². The number of carbonyl (C=O) groups is 1. The Morgan fingerprint density at radius 1 is 0.906 bits per heavy atom. The number of nitrogens with one attached hydrogen (secondary N) is 2. The molecule has 0 heterocycles. The Kier molecular flexibility index (Phi) is 8.89. The number of benzene rings is 3. The van der Waals surface area contributed by atoms with Crippen LogP contribution >= 0.6 is 28.1 Å². The summed E-state index contributed by atoms with van der Waals surface area (Å²) in [6.45, 7) is 3.05. The van der Waals surface area contributed by atoms with Crippen LogP contribution in [-0.2, 0) is 0 Å². The molecule has 3 aromatic rings. The van der Waals surface area contributed by atoms with Crippen molar-refractivity contribution in [1.82, 2.24) is 5.32 Å². The van der Waals surface area contributed by atoms with Gasteiger partial charge in [0.1, 0.15) is 30.5 Å². The summed E-state index contributed by atoms with van der Waals surface area (Å²) in [5.74, 6) is 1.49. The molecular weight excluding hydrogens is 492 g/mol. The molecular formula is C24H23BrN2O4S. The largest absolute Gasteiger partial charge is 0.493 e. The lowest BCUT2D eigenvalue weighted by molar-refractivity contribution is 0.0974. The average Bonchev–Trinajstić information content (AvgIpc) is 2.79. The monoisotopic (exact) mass is 514 g/mol. The standard InChI is InChI=1S/C24H23BrN2O4S/c1-2-29-21-13-12-17(25)16-19(21)23(28)27-24(32)26-20-10-6-7-11-22(20)31-15-14-30-18-8-4-3-5-9-18/h3-13,16H,2,14-15H2,1H3,(H2,26,27,28,32). The quantitative estimate of drug-likeness (QED) is 0.293. The normalized spacial score (nSPS) is 10.2. The van der Waals surface area contributed by atoms with Crippen LogP contribution in [0.4, 0.5) is 5.69 Å². The number of amides is 1. The lowest BCUT2D eigenvalue weighted by Crippen LogP contribution is -2.34. The van der Waals surface area contributed by atoms with E-state index in [0.29, 0.717) is 42.6 Å². The van der Waals surface area contributed by atoms with Crippen molar-refractivity contribution in [3.8, 4) is 17.2 Å². The Balaban J connectivity index is 1.57. The molecule has 3 aromatic carbocycles. The third-order valence-corrected chi connectivity index (χ3v) is 4.90. The van der Waals surface area contributed by atoms with E-state index >= 15 is 0 Å². The molecule has 32 heavy (non-hydrogen) atoms. The third-order valence-electron chi connectivity index (χ3n) is 4.20. The molecule has 8 heteroatoms. The molecule has 0 radical (unpaired) electrons. The maximum Gasteiger partial charge on any atom is 0.261 e. The summed E-state index contributed by atoms with van der Waals surface area (Å²) < 4.78 is 17.8. The number of hydrogen-bond donors (Lipinski definition) is 2. The summed E-state index contributed by atoms with van der Waals surface area (Å²) >= 11 is 8.72. The van der Waals surface area contributed by atoms with Crippen LogP contribution in [0.1, 0.15) is 17.3 Å². The molecule has 2 N–H and O–H groups in total. The maximum atomic E-state index is 12.7. The van der Waals surface area contributed by atoms with Crippen LogP contribution < -0.4 is 24.8 Å². The highest BCUT2D eigenvalue weighted by Gasteiger charge is 2.15. The molecule has 6 nitrogen and oxygen atoms in total. The van der Waals surface area contributed by atoms with Gasteiger partial charge in [-0.15, -0.1) is 0 Å². The molecule has 0 saturated carbocycles. The van der Waals surface area contributed by atoms with E-state index in [0.717, 1.165) is 10.2 Å². The molecule has 166 valence electrons. The van der Waals surface area contributed by atoms with Crippen molar-refractivity contribution in [2.75, 3.05) is 25.1 Å². The zero-order valence-electron chi connectivity index (χ0n) is 17.5. The van der Waals surface area contributed by atoms with Crippen molar-refractivity contribution in [1.29, 1.82) is 0 Å². The van der Waals surface area contributed by atoms with Crippen molar-refractivity contribution in [3.05, 3.63) is 82.8 Å². The van der Waals surface area contributed by atoms with Gasteiger partial charge in [-0.3, -0.25) is 10.1 Å². The molecule has 0 aliphatic heterocycles. The molecule has 0 atom stereocenters. The van der Waals surface area contributed by atoms with E-state index in [2.05, 4.69) is 26.6 Å². The van der Waals surface area contributed by atoms with E-state index in [4.69, 9.17) is 26.4 Å². The van der Waals surface area contributed by atoms with E-state index in [-0.39, 0.29) is 11.0 Å². The molecule has 0 aliphatic rings. The van der Waals surface area contributed by atoms with Crippen LogP contribution in [0.15, 0.2) is 77.3 Å². The zero-order chi connectivity index (χ0) is 22.8. The Hall–Kier alpha value is -3.10. The molecule has 0 spiro atoms. The number of ether oxygens (including phenoxy) is 3. The van der Waals surface area contributed by atoms with Crippen molar-refractivity contribution >= 4 is 44.9 Å². The number of carbonyl (C=O) groups excluding carboxylic acids is 1. The summed E-state index contributed by atoms with van der Waals surface area (Å²) in [4.78, 5) is 12.7. The van der Waals surface area contributed by atoms with Crippen molar-refractivity contribution in [2.45, 2.75) is 6.92 Å². The molecule has 0 saturated heterocycles. The van der Waals surface area contributed by atoms with Crippen LogP contribution in [-0.4, -0.2) is 30.8 Å². The average molecular weight is 515 g/mol. The molecule has 0 bridgehead atoms. The van der Waals surface area contributed by atoms with Gasteiger partial charge in [0, 0.05) is 4.47 Å². The fourth-order valence-corrected chi connectivity index (χ4v) is 3.37. The second kappa shape index (κ2) is 12.1. The second-order valence-corrected chi connectivity index (χ2v) is 7.81. The van der Waals surface area contributed by atoms with Crippen molar-refractivity contribution in [3.63, 3.8) is 0 Å². The van der Waals surface area contributed by atoms with Crippen LogP contribution in [0.25, 0.3) is 0 Å². The highest BCUT2D eigenvalue weighted by Crippen LogP contribution is 2.25. The Morgan fingerprint density at radius 2 is 1.62 bits per heavy atom. The van der Waals surface area contributed by atoms with Gasteiger partial charge in [-0.2, -0.15) is 0 Å². The van der Waals surface area contributed by atoms with Crippen LogP contribution in [0.3, 0.4) is 0 Å². The highest BCUT2D eigenvalue weighted by atomic mass is 79.9. The molecule has 1 amide bonds. The minimum atomic E-state index is -0.373. The first-order valence-corrected chi connectivity index (χ1v) is 11.2. The summed E-state index contributed by atoms with van der Waals surface area (Å²) in [6.07, 6.45) is 0. The first kappa shape index (κ1) is 23.6. The highest BCUT2D eigenvalue weighted by molar-refractivity contribution is 9.10. The van der Waals surface area contributed by atoms with Crippen LogP contribution in [0.5, 0.6) is 17.2 Å². The maximum absolute atomic E-state index is 12.7. The summed E-state index contributed by atoms with van der Waals surface area (Å²) in [7, 11) is 0. The first-order valence-electron chi connectivity index (χ1n) is 10.0. The zero-order valence-corrected chi connectivity index (χ0v) is 19.9. The van der Waals surface area contributed by atoms with Gasteiger partial charge in [-0.05, 0) is 61.6 Å². The number of para-hydroxylation sites is 3. The molecule has 0 aliphatic carbocycles. The lowest BCUT2D eigenvalue weighted by atomic mass is 10.2. The molecule has 0 aromatic heterocycles. The van der Waals surface area contributed by atoms with E-state index in [1.807, 2.05) is 67.6 Å². The fourth-order valence-electron chi connectivity index (χ4n) is 2.81. The van der Waals surface area contributed by atoms with Gasteiger partial charge in [0.25, 0.3) is 5.91 Å². The predicted octanol–water partition coefficient (Wildman–Crippen LogP) is 5.43. The van der Waals surface area contributed by atoms with Crippen molar-refractivity contribution in [2.24, 2.45) is 0 Å². The second-order valence-electron chi connectivity index (χ2n) is 6.49. The van der Waals surface area contributed by atoms with Gasteiger partial charge in [0.15, 0.2) is 5.11 Å². The molecule has 3 rings (SSSR count). The Labute approximate surface area is 201 Å². The number of rotatable bonds is 9. The van der Waals surface area contributed by atoms with Gasteiger partial charge >= 0.3 is 0 Å². The number of halogens is 1. The summed E-state index contributed by atoms with van der Waals surface area (Å²) in [6, 6.07) is 22.1. The number of anilines is 1. The minimum absolute atomic E-state index is 0.147. The van der Waals surface area contributed by atoms with E-state index in [1.54, 1.807) is 12.1 Å². The fraction of sp³-hybridized carbons (Fsp3) is 0.167. The lowest BCUT2D eigenvalue weighted by Gasteiger charge is -2.15. The minimum Gasteiger partial charge on any atom is -0.493 e. The molecule has 0 fully saturated rings. The Morgan fingerprint density at radius 3 is 2.41 bits per heavy atom.